The molecule has 0 radical (unpaired) electrons. The Morgan fingerprint density at radius 2 is 2.04 bits per heavy atom. The minimum absolute atomic E-state index is 0. The van der Waals surface area contributed by atoms with Gasteiger partial charge in [0.15, 0.2) is 5.82 Å². The topological polar surface area (TPSA) is 71.8 Å². The van der Waals surface area contributed by atoms with E-state index in [1.807, 2.05) is 0 Å². The Balaban J connectivity index is 0.00000208. The SMILES string of the molecule is Cl.Cn1nc(C2CCNCC2)nc1NC(=O)c1cc(Cl)ccc1Cl. The molecule has 0 bridgehead atoms. The summed E-state index contributed by atoms with van der Waals surface area (Å²) in [6.07, 6.45) is 2.00. The van der Waals surface area contributed by atoms with Crippen molar-refractivity contribution in [3.05, 3.63) is 39.6 Å². The third-order valence-electron chi connectivity index (χ3n) is 3.88. The zero-order valence-electron chi connectivity index (χ0n) is 13.1. The second-order valence-electron chi connectivity index (χ2n) is 5.52. The highest BCUT2D eigenvalue weighted by Gasteiger charge is 2.22. The Bertz CT molecular complexity index is 728. The molecule has 2 heterocycles. The van der Waals surface area contributed by atoms with Crippen LogP contribution < -0.4 is 10.6 Å². The summed E-state index contributed by atoms with van der Waals surface area (Å²) in [4.78, 5) is 16.8. The zero-order chi connectivity index (χ0) is 16.4. The van der Waals surface area contributed by atoms with Crippen molar-refractivity contribution < 1.29 is 4.79 Å². The smallest absolute Gasteiger partial charge is 0.259 e. The molecule has 1 aromatic heterocycles. The van der Waals surface area contributed by atoms with Crippen molar-refractivity contribution in [3.63, 3.8) is 0 Å². The minimum Gasteiger partial charge on any atom is -0.317 e. The van der Waals surface area contributed by atoms with Crippen LogP contribution in [0.4, 0.5) is 5.95 Å². The van der Waals surface area contributed by atoms with E-state index in [1.165, 1.54) is 6.07 Å². The lowest BCUT2D eigenvalue weighted by Gasteiger charge is -2.19. The van der Waals surface area contributed by atoms with Crippen molar-refractivity contribution in [1.82, 2.24) is 20.1 Å². The zero-order valence-corrected chi connectivity index (χ0v) is 15.4. The van der Waals surface area contributed by atoms with E-state index in [0.29, 0.717) is 27.5 Å². The van der Waals surface area contributed by atoms with Crippen LogP contribution in [-0.4, -0.2) is 33.8 Å². The number of aryl methyl sites for hydroxylation is 1. The molecule has 2 N–H and O–H groups in total. The fourth-order valence-corrected chi connectivity index (χ4v) is 2.98. The molecule has 24 heavy (non-hydrogen) atoms. The second kappa shape index (κ2) is 8.16. The Morgan fingerprint density at radius 1 is 1.33 bits per heavy atom. The molecule has 0 atom stereocenters. The molecule has 1 saturated heterocycles. The van der Waals surface area contributed by atoms with Crippen molar-refractivity contribution in [2.45, 2.75) is 18.8 Å². The van der Waals surface area contributed by atoms with Gasteiger partial charge in [-0.3, -0.25) is 10.1 Å². The van der Waals surface area contributed by atoms with Crippen LogP contribution in [0.1, 0.15) is 34.9 Å². The molecule has 0 unspecified atom stereocenters. The van der Waals surface area contributed by atoms with Crippen LogP contribution in [-0.2, 0) is 7.05 Å². The molecule has 1 aromatic carbocycles. The average Bonchev–Trinajstić information content (AvgIpc) is 2.91. The average molecular weight is 391 g/mol. The summed E-state index contributed by atoms with van der Waals surface area (Å²) in [5.74, 6) is 1.13. The highest BCUT2D eigenvalue weighted by atomic mass is 35.5. The van der Waals surface area contributed by atoms with E-state index in [2.05, 4.69) is 20.7 Å². The summed E-state index contributed by atoms with van der Waals surface area (Å²) in [6.45, 7) is 1.92. The predicted octanol–water partition coefficient (Wildman–Crippen LogP) is 3.26. The number of nitrogens with zero attached hydrogens (tertiary/aromatic N) is 3. The van der Waals surface area contributed by atoms with E-state index in [-0.39, 0.29) is 18.3 Å². The number of halogens is 3. The van der Waals surface area contributed by atoms with Gasteiger partial charge in [0.25, 0.3) is 5.91 Å². The largest absolute Gasteiger partial charge is 0.317 e. The quantitative estimate of drug-likeness (QED) is 0.844. The molecule has 0 spiro atoms. The first-order valence-electron chi connectivity index (χ1n) is 7.42. The second-order valence-corrected chi connectivity index (χ2v) is 6.36. The Kier molecular flexibility index (Phi) is 6.46. The third kappa shape index (κ3) is 4.19. The fourth-order valence-electron chi connectivity index (χ4n) is 2.61. The summed E-state index contributed by atoms with van der Waals surface area (Å²) in [5.41, 5.74) is 0.311. The molecule has 0 saturated carbocycles. The number of benzene rings is 1. The van der Waals surface area contributed by atoms with Crippen LogP contribution in [0.2, 0.25) is 10.0 Å². The maximum Gasteiger partial charge on any atom is 0.259 e. The Labute approximate surface area is 156 Å². The summed E-state index contributed by atoms with van der Waals surface area (Å²) < 4.78 is 1.58. The predicted molar refractivity (Wildman–Crippen MR) is 97.5 cm³/mol. The number of piperidine rings is 1. The van der Waals surface area contributed by atoms with Crippen LogP contribution in [0.25, 0.3) is 0 Å². The van der Waals surface area contributed by atoms with Crippen molar-refractivity contribution in [2.24, 2.45) is 7.05 Å². The van der Waals surface area contributed by atoms with Gasteiger partial charge < -0.3 is 5.32 Å². The number of anilines is 1. The van der Waals surface area contributed by atoms with Gasteiger partial charge in [-0.1, -0.05) is 23.2 Å². The first-order chi connectivity index (χ1) is 11.0. The number of rotatable bonds is 3. The molecule has 1 fully saturated rings. The van der Waals surface area contributed by atoms with E-state index < -0.39 is 0 Å². The van der Waals surface area contributed by atoms with E-state index in [0.717, 1.165) is 31.8 Å². The molecule has 130 valence electrons. The summed E-state index contributed by atoms with van der Waals surface area (Å²) in [6, 6.07) is 4.76. The lowest BCUT2D eigenvalue weighted by Crippen LogP contribution is -2.27. The number of nitrogens with one attached hydrogen (secondary N) is 2. The molecule has 1 amide bonds. The molecule has 3 rings (SSSR count). The van der Waals surface area contributed by atoms with Gasteiger partial charge in [0.2, 0.25) is 5.95 Å². The van der Waals surface area contributed by atoms with Gasteiger partial charge >= 0.3 is 0 Å². The third-order valence-corrected chi connectivity index (χ3v) is 4.45. The van der Waals surface area contributed by atoms with Crippen LogP contribution in [0.15, 0.2) is 18.2 Å². The molecule has 1 aliphatic rings. The first-order valence-corrected chi connectivity index (χ1v) is 8.18. The molecule has 9 heteroatoms. The summed E-state index contributed by atoms with van der Waals surface area (Å²) in [5, 5.41) is 11.3. The molecule has 0 aliphatic carbocycles. The molecular formula is C15H18Cl3N5O. The van der Waals surface area contributed by atoms with Gasteiger partial charge in [-0.15, -0.1) is 12.4 Å². The number of hydrogen-bond acceptors (Lipinski definition) is 4. The van der Waals surface area contributed by atoms with E-state index >= 15 is 0 Å². The van der Waals surface area contributed by atoms with Gasteiger partial charge in [0.05, 0.1) is 10.6 Å². The molecule has 6 nitrogen and oxygen atoms in total. The maximum atomic E-state index is 12.4. The lowest BCUT2D eigenvalue weighted by atomic mass is 9.98. The number of aromatic nitrogens is 3. The number of amides is 1. The van der Waals surface area contributed by atoms with E-state index in [1.54, 1.807) is 23.9 Å². The fraction of sp³-hybridized carbons (Fsp3) is 0.400. The molecule has 2 aromatic rings. The lowest BCUT2D eigenvalue weighted by molar-refractivity contribution is 0.102. The first kappa shape index (κ1) is 19.0. The monoisotopic (exact) mass is 389 g/mol. The Hall–Kier alpha value is -1.34. The van der Waals surface area contributed by atoms with Gasteiger partial charge in [-0.25, -0.2) is 4.68 Å². The maximum absolute atomic E-state index is 12.4. The van der Waals surface area contributed by atoms with Crippen molar-refractivity contribution >= 4 is 47.5 Å². The van der Waals surface area contributed by atoms with Crippen molar-refractivity contribution in [1.29, 1.82) is 0 Å². The summed E-state index contributed by atoms with van der Waals surface area (Å²) in [7, 11) is 1.76. The van der Waals surface area contributed by atoms with E-state index in [9.17, 15) is 4.79 Å². The molecular weight excluding hydrogens is 373 g/mol. The standard InChI is InChI=1S/C15H17Cl2N5O.ClH/c1-22-15(19-13(21-22)9-4-6-18-7-5-9)20-14(23)11-8-10(16)2-3-12(11)17;/h2-3,8-9,18H,4-7H2,1H3,(H,19,20,21,23);1H. The van der Waals surface area contributed by atoms with Gasteiger partial charge in [0, 0.05) is 18.0 Å². The number of hydrogen-bond donors (Lipinski definition) is 2. The highest BCUT2D eigenvalue weighted by Crippen LogP contribution is 2.24. The normalized spacial score (nSPS) is 15.0. The highest BCUT2D eigenvalue weighted by molar-refractivity contribution is 6.36. The van der Waals surface area contributed by atoms with Crippen molar-refractivity contribution in [3.8, 4) is 0 Å². The minimum atomic E-state index is -0.357. The van der Waals surface area contributed by atoms with Gasteiger partial charge in [0.1, 0.15) is 0 Å². The van der Waals surface area contributed by atoms with Crippen LogP contribution >= 0.6 is 35.6 Å². The van der Waals surface area contributed by atoms with Crippen LogP contribution in [0, 0.1) is 0 Å². The van der Waals surface area contributed by atoms with Gasteiger partial charge in [-0.05, 0) is 44.1 Å². The molecule has 1 aliphatic heterocycles. The Morgan fingerprint density at radius 3 is 2.75 bits per heavy atom. The number of carbonyl (C=O) groups is 1. The van der Waals surface area contributed by atoms with Gasteiger partial charge in [-0.2, -0.15) is 10.1 Å². The summed E-state index contributed by atoms with van der Waals surface area (Å²) >= 11 is 12.0. The number of carbonyl (C=O) groups excluding carboxylic acids is 1. The van der Waals surface area contributed by atoms with Crippen LogP contribution in [0.5, 0.6) is 0 Å². The van der Waals surface area contributed by atoms with E-state index in [4.69, 9.17) is 23.2 Å². The van der Waals surface area contributed by atoms with Crippen molar-refractivity contribution in [2.75, 3.05) is 18.4 Å². The van der Waals surface area contributed by atoms with Crippen LogP contribution in [0.3, 0.4) is 0 Å².